The van der Waals surface area contributed by atoms with Crippen molar-refractivity contribution in [2.75, 3.05) is 36.5 Å². The van der Waals surface area contributed by atoms with E-state index in [0.717, 1.165) is 30.8 Å². The molecular weight excluding hydrogens is 388 g/mol. The average Bonchev–Trinajstić information content (AvgIpc) is 3.32. The summed E-state index contributed by atoms with van der Waals surface area (Å²) in [6.45, 7) is 5.67. The van der Waals surface area contributed by atoms with E-state index in [0.29, 0.717) is 31.1 Å². The molecule has 0 spiro atoms. The van der Waals surface area contributed by atoms with Crippen molar-refractivity contribution in [1.29, 1.82) is 0 Å². The van der Waals surface area contributed by atoms with Gasteiger partial charge in [-0.05, 0) is 43.9 Å². The summed E-state index contributed by atoms with van der Waals surface area (Å²) in [4.78, 5) is 21.9. The number of hydrogen-bond acceptors (Lipinski definition) is 5. The molecule has 1 fully saturated rings. The summed E-state index contributed by atoms with van der Waals surface area (Å²) in [7, 11) is 0. The Kier molecular flexibility index (Phi) is 6.87. The standard InChI is InChI=1S/C25H30N4O2/c1-19-22(29-14-5-6-15-29)11-7-12-23(19)31-16-8-13-26-25-27-18-21(24(30)28-25)17-20-9-3-2-4-10-20/h2-4,7,9-12,18H,5-6,8,13-17H2,1H3,(H2,26,27,28,30). The highest BCUT2D eigenvalue weighted by atomic mass is 16.5. The van der Waals surface area contributed by atoms with Crippen LogP contribution in [0.15, 0.2) is 59.5 Å². The molecule has 1 aromatic heterocycles. The van der Waals surface area contributed by atoms with Crippen molar-refractivity contribution in [3.05, 3.63) is 81.8 Å². The molecule has 2 heterocycles. The lowest BCUT2D eigenvalue weighted by atomic mass is 10.1. The van der Waals surface area contributed by atoms with Gasteiger partial charge < -0.3 is 15.0 Å². The van der Waals surface area contributed by atoms with Gasteiger partial charge in [0, 0.05) is 49.1 Å². The van der Waals surface area contributed by atoms with E-state index >= 15 is 0 Å². The fourth-order valence-electron chi connectivity index (χ4n) is 3.97. The maximum absolute atomic E-state index is 12.3. The number of H-pyrrole nitrogens is 1. The zero-order chi connectivity index (χ0) is 21.5. The third-order valence-corrected chi connectivity index (χ3v) is 5.68. The molecule has 2 N–H and O–H groups in total. The van der Waals surface area contributed by atoms with Gasteiger partial charge in [0.2, 0.25) is 5.95 Å². The summed E-state index contributed by atoms with van der Waals surface area (Å²) in [6, 6.07) is 16.2. The second-order valence-corrected chi connectivity index (χ2v) is 7.97. The van der Waals surface area contributed by atoms with Crippen LogP contribution >= 0.6 is 0 Å². The number of nitrogens with one attached hydrogen (secondary N) is 2. The van der Waals surface area contributed by atoms with Crippen LogP contribution in [0.25, 0.3) is 0 Å². The quantitative estimate of drug-likeness (QED) is 0.511. The fourth-order valence-corrected chi connectivity index (χ4v) is 3.97. The number of rotatable bonds is 9. The van der Waals surface area contributed by atoms with Crippen molar-refractivity contribution < 1.29 is 4.74 Å². The van der Waals surface area contributed by atoms with Gasteiger partial charge >= 0.3 is 0 Å². The molecule has 0 radical (unpaired) electrons. The van der Waals surface area contributed by atoms with Crippen LogP contribution < -0.4 is 20.5 Å². The summed E-state index contributed by atoms with van der Waals surface area (Å²) < 4.78 is 6.03. The molecule has 3 aromatic rings. The molecule has 4 rings (SSSR count). The Morgan fingerprint density at radius 2 is 1.90 bits per heavy atom. The molecule has 0 amide bonds. The maximum Gasteiger partial charge on any atom is 0.255 e. The zero-order valence-corrected chi connectivity index (χ0v) is 18.1. The smallest absolute Gasteiger partial charge is 0.255 e. The highest BCUT2D eigenvalue weighted by Gasteiger charge is 2.16. The zero-order valence-electron chi connectivity index (χ0n) is 18.1. The van der Waals surface area contributed by atoms with Gasteiger partial charge in [-0.3, -0.25) is 9.78 Å². The summed E-state index contributed by atoms with van der Waals surface area (Å²) in [5.41, 5.74) is 4.14. The minimum Gasteiger partial charge on any atom is -0.493 e. The average molecular weight is 419 g/mol. The molecule has 31 heavy (non-hydrogen) atoms. The largest absolute Gasteiger partial charge is 0.493 e. The Balaban J connectivity index is 1.24. The summed E-state index contributed by atoms with van der Waals surface area (Å²) in [6.07, 6.45) is 5.56. The normalized spacial score (nSPS) is 13.4. The molecular formula is C25H30N4O2. The monoisotopic (exact) mass is 418 g/mol. The predicted octanol–water partition coefficient (Wildman–Crippen LogP) is 4.15. The number of anilines is 2. The molecule has 0 atom stereocenters. The molecule has 1 saturated heterocycles. The van der Waals surface area contributed by atoms with E-state index in [2.05, 4.69) is 39.2 Å². The van der Waals surface area contributed by atoms with Crippen molar-refractivity contribution in [3.63, 3.8) is 0 Å². The van der Waals surface area contributed by atoms with E-state index in [1.807, 2.05) is 36.4 Å². The van der Waals surface area contributed by atoms with E-state index in [1.165, 1.54) is 24.1 Å². The lowest BCUT2D eigenvalue weighted by Crippen LogP contribution is -2.19. The molecule has 0 unspecified atom stereocenters. The number of hydrogen-bond donors (Lipinski definition) is 2. The van der Waals surface area contributed by atoms with E-state index in [-0.39, 0.29) is 5.56 Å². The van der Waals surface area contributed by atoms with Gasteiger partial charge in [-0.1, -0.05) is 36.4 Å². The number of ether oxygens (including phenoxy) is 1. The van der Waals surface area contributed by atoms with Gasteiger partial charge in [-0.15, -0.1) is 0 Å². The van der Waals surface area contributed by atoms with Gasteiger partial charge in [0.1, 0.15) is 5.75 Å². The number of nitrogens with zero attached hydrogens (tertiary/aromatic N) is 2. The first-order valence-electron chi connectivity index (χ1n) is 11.0. The van der Waals surface area contributed by atoms with Crippen LogP contribution in [0.4, 0.5) is 11.6 Å². The first kappa shape index (κ1) is 21.0. The Morgan fingerprint density at radius 1 is 1.10 bits per heavy atom. The Labute approximate surface area is 183 Å². The third kappa shape index (κ3) is 5.45. The lowest BCUT2D eigenvalue weighted by molar-refractivity contribution is 0.313. The summed E-state index contributed by atoms with van der Waals surface area (Å²) in [5.74, 6) is 1.44. The van der Waals surface area contributed by atoms with E-state index in [4.69, 9.17) is 4.74 Å². The van der Waals surface area contributed by atoms with Gasteiger partial charge in [-0.25, -0.2) is 4.98 Å². The molecule has 162 valence electrons. The van der Waals surface area contributed by atoms with Crippen LogP contribution in [0.5, 0.6) is 5.75 Å². The van der Waals surface area contributed by atoms with Crippen molar-refractivity contribution in [3.8, 4) is 5.75 Å². The van der Waals surface area contributed by atoms with Gasteiger partial charge in [0.25, 0.3) is 5.56 Å². The van der Waals surface area contributed by atoms with E-state index in [1.54, 1.807) is 6.20 Å². The maximum atomic E-state index is 12.3. The number of aromatic nitrogens is 2. The summed E-state index contributed by atoms with van der Waals surface area (Å²) in [5, 5.41) is 3.18. The topological polar surface area (TPSA) is 70.2 Å². The van der Waals surface area contributed by atoms with Crippen molar-refractivity contribution in [2.24, 2.45) is 0 Å². The Morgan fingerprint density at radius 3 is 2.68 bits per heavy atom. The van der Waals surface area contributed by atoms with Gasteiger partial charge in [0.15, 0.2) is 0 Å². The minimum absolute atomic E-state index is 0.105. The van der Waals surface area contributed by atoms with Crippen molar-refractivity contribution in [1.82, 2.24) is 9.97 Å². The van der Waals surface area contributed by atoms with Gasteiger partial charge in [-0.2, -0.15) is 0 Å². The first-order valence-corrected chi connectivity index (χ1v) is 11.0. The molecule has 0 aliphatic carbocycles. The second kappa shape index (κ2) is 10.2. The molecule has 6 heteroatoms. The van der Waals surface area contributed by atoms with E-state index in [9.17, 15) is 4.79 Å². The molecule has 6 nitrogen and oxygen atoms in total. The van der Waals surface area contributed by atoms with Crippen LogP contribution in [0.1, 0.15) is 36.0 Å². The van der Waals surface area contributed by atoms with Crippen LogP contribution in [0, 0.1) is 6.92 Å². The van der Waals surface area contributed by atoms with Crippen LogP contribution in [0.2, 0.25) is 0 Å². The Hall–Kier alpha value is -3.28. The molecule has 0 saturated carbocycles. The van der Waals surface area contributed by atoms with Crippen LogP contribution in [0.3, 0.4) is 0 Å². The first-order chi connectivity index (χ1) is 15.2. The predicted molar refractivity (Wildman–Crippen MR) is 125 cm³/mol. The van der Waals surface area contributed by atoms with Crippen molar-refractivity contribution >= 4 is 11.6 Å². The van der Waals surface area contributed by atoms with Crippen molar-refractivity contribution in [2.45, 2.75) is 32.6 Å². The third-order valence-electron chi connectivity index (χ3n) is 5.68. The molecule has 0 bridgehead atoms. The molecule has 1 aliphatic rings. The fraction of sp³-hybridized carbons (Fsp3) is 0.360. The SMILES string of the molecule is Cc1c(OCCCNc2ncc(Cc3ccccc3)c(=O)[nH]2)cccc1N1CCCC1. The highest BCUT2D eigenvalue weighted by molar-refractivity contribution is 5.59. The van der Waals surface area contributed by atoms with E-state index < -0.39 is 0 Å². The minimum atomic E-state index is -0.105. The van der Waals surface area contributed by atoms with Crippen LogP contribution in [-0.4, -0.2) is 36.2 Å². The summed E-state index contributed by atoms with van der Waals surface area (Å²) >= 11 is 0. The Bertz CT molecular complexity index is 1040. The van der Waals surface area contributed by atoms with Gasteiger partial charge in [0.05, 0.1) is 6.61 Å². The second-order valence-electron chi connectivity index (χ2n) is 7.97. The number of aromatic amines is 1. The number of benzene rings is 2. The van der Waals surface area contributed by atoms with Crippen LogP contribution in [-0.2, 0) is 6.42 Å². The highest BCUT2D eigenvalue weighted by Crippen LogP contribution is 2.30. The molecule has 2 aromatic carbocycles. The molecule has 1 aliphatic heterocycles. The lowest BCUT2D eigenvalue weighted by Gasteiger charge is -2.21.